The second-order valence-corrected chi connectivity index (χ2v) is 3.08. The van der Waals surface area contributed by atoms with Gasteiger partial charge in [0.05, 0.1) is 5.02 Å². The Balaban J connectivity index is 2.33. The van der Waals surface area contributed by atoms with Crippen LogP contribution in [0.5, 0.6) is 0 Å². The molecule has 0 saturated carbocycles. The Hall–Kier alpha value is -1.02. The molecule has 0 atom stereocenters. The number of nitrogens with zero attached hydrogens (tertiary/aromatic N) is 2. The highest BCUT2D eigenvalue weighted by molar-refractivity contribution is 6.32. The Morgan fingerprint density at radius 2 is 2.42 bits per heavy atom. The number of hydrogen-bond donors (Lipinski definition) is 0. The van der Waals surface area contributed by atoms with E-state index in [1.54, 1.807) is 6.20 Å². The van der Waals surface area contributed by atoms with Gasteiger partial charge in [-0.15, -0.1) is 0 Å². The smallest absolute Gasteiger partial charge is 0.151 e. The molecular formula is C9H9ClN2. The fourth-order valence-electron chi connectivity index (χ4n) is 1.26. The normalized spacial score (nSPS) is 15.6. The molecule has 2 nitrogen and oxygen atoms in total. The molecule has 0 aliphatic carbocycles. The van der Waals surface area contributed by atoms with Crippen molar-refractivity contribution < 1.29 is 0 Å². The summed E-state index contributed by atoms with van der Waals surface area (Å²) in [6.45, 7) is 0.983. The van der Waals surface area contributed by atoms with Crippen molar-refractivity contribution in [2.45, 2.75) is 6.42 Å². The molecule has 0 spiro atoms. The van der Waals surface area contributed by atoms with Crippen molar-refractivity contribution in [3.63, 3.8) is 0 Å². The van der Waals surface area contributed by atoms with E-state index in [2.05, 4.69) is 16.0 Å². The number of anilines is 1. The predicted molar refractivity (Wildman–Crippen MR) is 50.4 cm³/mol. The fraction of sp³-hybridized carbons (Fsp3) is 0.222. The third-order valence-electron chi connectivity index (χ3n) is 1.83. The molecule has 0 saturated heterocycles. The predicted octanol–water partition coefficient (Wildman–Crippen LogP) is 2.46. The minimum Gasteiger partial charge on any atom is -0.332 e. The molecule has 12 heavy (non-hydrogen) atoms. The quantitative estimate of drug-likeness (QED) is 0.660. The monoisotopic (exact) mass is 180 g/mol. The summed E-state index contributed by atoms with van der Waals surface area (Å²) in [6.07, 6.45) is 6.97. The van der Waals surface area contributed by atoms with Gasteiger partial charge >= 0.3 is 0 Å². The summed E-state index contributed by atoms with van der Waals surface area (Å²) >= 11 is 5.97. The zero-order valence-corrected chi connectivity index (χ0v) is 7.33. The molecule has 0 unspecified atom stereocenters. The second kappa shape index (κ2) is 3.15. The largest absolute Gasteiger partial charge is 0.332 e. The highest BCUT2D eigenvalue weighted by atomic mass is 35.5. The Labute approximate surface area is 76.5 Å². The van der Waals surface area contributed by atoms with Crippen LogP contribution in [0.3, 0.4) is 0 Å². The summed E-state index contributed by atoms with van der Waals surface area (Å²) in [6, 6.07) is 3.70. The molecule has 1 aromatic heterocycles. The van der Waals surface area contributed by atoms with Gasteiger partial charge in [0, 0.05) is 18.9 Å². The van der Waals surface area contributed by atoms with Crippen molar-refractivity contribution in [2.75, 3.05) is 11.4 Å². The maximum Gasteiger partial charge on any atom is 0.151 e. The Kier molecular flexibility index (Phi) is 2.00. The first-order valence-electron chi connectivity index (χ1n) is 3.92. The zero-order valence-electron chi connectivity index (χ0n) is 6.57. The third-order valence-corrected chi connectivity index (χ3v) is 2.13. The van der Waals surface area contributed by atoms with E-state index in [4.69, 9.17) is 11.6 Å². The molecule has 0 aromatic carbocycles. The summed E-state index contributed by atoms with van der Waals surface area (Å²) in [5, 5.41) is 0.712. The Morgan fingerprint density at radius 3 is 3.08 bits per heavy atom. The van der Waals surface area contributed by atoms with Crippen molar-refractivity contribution in [3.05, 3.63) is 35.6 Å². The fourth-order valence-corrected chi connectivity index (χ4v) is 1.49. The van der Waals surface area contributed by atoms with Gasteiger partial charge in [0.25, 0.3) is 0 Å². The van der Waals surface area contributed by atoms with Crippen LogP contribution in [-0.4, -0.2) is 11.5 Å². The minimum absolute atomic E-state index is 0.712. The lowest BCUT2D eigenvalue weighted by Crippen LogP contribution is -2.13. The summed E-state index contributed by atoms with van der Waals surface area (Å²) < 4.78 is 0. The van der Waals surface area contributed by atoms with E-state index in [-0.39, 0.29) is 0 Å². The van der Waals surface area contributed by atoms with Gasteiger partial charge < -0.3 is 4.90 Å². The van der Waals surface area contributed by atoms with E-state index in [0.717, 1.165) is 18.8 Å². The summed E-state index contributed by atoms with van der Waals surface area (Å²) in [7, 11) is 0. The van der Waals surface area contributed by atoms with Crippen LogP contribution in [0.15, 0.2) is 30.6 Å². The lowest BCUT2D eigenvalue weighted by Gasteiger charge is -2.14. The molecule has 2 heterocycles. The van der Waals surface area contributed by atoms with Crippen LogP contribution in [0.2, 0.25) is 5.02 Å². The lowest BCUT2D eigenvalue weighted by molar-refractivity contribution is 0.973. The first-order chi connectivity index (χ1) is 5.88. The molecule has 1 aliphatic rings. The molecule has 1 aromatic rings. The summed E-state index contributed by atoms with van der Waals surface area (Å²) in [5.74, 6) is 0.855. The first-order valence-corrected chi connectivity index (χ1v) is 4.29. The number of halogens is 1. The third kappa shape index (κ3) is 1.30. The highest BCUT2D eigenvalue weighted by Gasteiger charge is 2.10. The van der Waals surface area contributed by atoms with E-state index >= 15 is 0 Å². The maximum absolute atomic E-state index is 5.97. The van der Waals surface area contributed by atoms with Crippen LogP contribution >= 0.6 is 11.6 Å². The average molecular weight is 181 g/mol. The summed E-state index contributed by atoms with van der Waals surface area (Å²) in [4.78, 5) is 6.26. The van der Waals surface area contributed by atoms with Crippen molar-refractivity contribution in [2.24, 2.45) is 0 Å². The van der Waals surface area contributed by atoms with Crippen molar-refractivity contribution in [1.82, 2.24) is 4.98 Å². The van der Waals surface area contributed by atoms with Gasteiger partial charge in [-0.2, -0.15) is 0 Å². The summed E-state index contributed by atoms with van der Waals surface area (Å²) in [5.41, 5.74) is 0. The zero-order chi connectivity index (χ0) is 8.39. The van der Waals surface area contributed by atoms with Crippen LogP contribution in [0.25, 0.3) is 0 Å². The molecule has 0 radical (unpaired) electrons. The number of rotatable bonds is 1. The lowest BCUT2D eigenvalue weighted by atomic mass is 10.4. The average Bonchev–Trinajstić information content (AvgIpc) is 2.57. The van der Waals surface area contributed by atoms with Crippen LogP contribution in [0.1, 0.15) is 6.42 Å². The highest BCUT2D eigenvalue weighted by Crippen LogP contribution is 2.24. The molecule has 0 fully saturated rings. The Bertz CT molecular complexity index is 309. The minimum atomic E-state index is 0.712. The SMILES string of the molecule is Clc1cccnc1N1C=CCC1. The van der Waals surface area contributed by atoms with Gasteiger partial charge in [0.1, 0.15) is 0 Å². The van der Waals surface area contributed by atoms with Crippen LogP contribution < -0.4 is 4.90 Å². The van der Waals surface area contributed by atoms with Crippen molar-refractivity contribution in [1.29, 1.82) is 0 Å². The van der Waals surface area contributed by atoms with Gasteiger partial charge in [-0.3, -0.25) is 0 Å². The van der Waals surface area contributed by atoms with Crippen molar-refractivity contribution >= 4 is 17.4 Å². The molecule has 62 valence electrons. The van der Waals surface area contributed by atoms with E-state index in [0.29, 0.717) is 5.02 Å². The van der Waals surface area contributed by atoms with E-state index in [1.807, 2.05) is 18.3 Å². The van der Waals surface area contributed by atoms with Gasteiger partial charge in [-0.05, 0) is 18.6 Å². The van der Waals surface area contributed by atoms with Crippen LogP contribution in [0.4, 0.5) is 5.82 Å². The van der Waals surface area contributed by atoms with E-state index < -0.39 is 0 Å². The Morgan fingerprint density at radius 1 is 1.50 bits per heavy atom. The van der Waals surface area contributed by atoms with Gasteiger partial charge in [-0.1, -0.05) is 17.7 Å². The van der Waals surface area contributed by atoms with Gasteiger partial charge in [-0.25, -0.2) is 4.98 Å². The number of pyridine rings is 1. The molecule has 1 aliphatic heterocycles. The molecule has 0 amide bonds. The number of aromatic nitrogens is 1. The standard InChI is InChI=1S/C9H9ClN2/c10-8-4-3-5-11-9(8)12-6-1-2-7-12/h1,3-6H,2,7H2. The van der Waals surface area contributed by atoms with Gasteiger partial charge in [0.2, 0.25) is 0 Å². The van der Waals surface area contributed by atoms with E-state index in [1.165, 1.54) is 0 Å². The topological polar surface area (TPSA) is 16.1 Å². The molecular weight excluding hydrogens is 172 g/mol. The second-order valence-electron chi connectivity index (χ2n) is 2.68. The molecule has 0 bridgehead atoms. The van der Waals surface area contributed by atoms with Crippen LogP contribution in [0, 0.1) is 0 Å². The molecule has 3 heteroatoms. The van der Waals surface area contributed by atoms with E-state index in [9.17, 15) is 0 Å². The van der Waals surface area contributed by atoms with Crippen molar-refractivity contribution in [3.8, 4) is 0 Å². The van der Waals surface area contributed by atoms with Gasteiger partial charge in [0.15, 0.2) is 5.82 Å². The maximum atomic E-state index is 5.97. The molecule has 0 N–H and O–H groups in total. The molecule has 2 rings (SSSR count). The first kappa shape index (κ1) is 7.62. The van der Waals surface area contributed by atoms with Crippen LogP contribution in [-0.2, 0) is 0 Å². The number of hydrogen-bond acceptors (Lipinski definition) is 2.